The molecular formula is C14H8ClF4NO3. The van der Waals surface area contributed by atoms with Crippen LogP contribution in [-0.2, 0) is 6.18 Å². The largest absolute Gasteiger partial charge is 0.494 e. The Labute approximate surface area is 132 Å². The maximum Gasteiger partial charge on any atom is 0.417 e. The van der Waals surface area contributed by atoms with Gasteiger partial charge in [0.05, 0.1) is 18.4 Å². The Balaban J connectivity index is 2.76. The van der Waals surface area contributed by atoms with Gasteiger partial charge >= 0.3 is 12.1 Å². The smallest absolute Gasteiger partial charge is 0.417 e. The summed E-state index contributed by atoms with van der Waals surface area (Å²) in [5, 5.41) is 8.00. The normalized spacial score (nSPS) is 11.4. The van der Waals surface area contributed by atoms with Crippen LogP contribution in [-0.4, -0.2) is 23.2 Å². The molecule has 0 aliphatic carbocycles. The van der Waals surface area contributed by atoms with Crippen molar-refractivity contribution in [2.75, 3.05) is 7.11 Å². The van der Waals surface area contributed by atoms with Crippen LogP contribution in [0.25, 0.3) is 11.3 Å². The van der Waals surface area contributed by atoms with E-state index in [1.807, 2.05) is 0 Å². The van der Waals surface area contributed by atoms with E-state index in [0.717, 1.165) is 0 Å². The molecule has 0 unspecified atom stereocenters. The van der Waals surface area contributed by atoms with E-state index in [1.54, 1.807) is 0 Å². The first-order valence-corrected chi connectivity index (χ1v) is 6.38. The standard InChI is InChI=1S/C14H8ClF4NO3/c1-23-9-4-2-3-6(11(9)16)8-5-7(14(17,18)19)10(13(21)22)12(15)20-8/h2-5H,1H3,(H,21,22). The highest BCUT2D eigenvalue weighted by atomic mass is 35.5. The molecule has 0 bridgehead atoms. The molecule has 122 valence electrons. The van der Waals surface area contributed by atoms with Crippen LogP contribution in [0.2, 0.25) is 5.15 Å². The highest BCUT2D eigenvalue weighted by Gasteiger charge is 2.38. The zero-order valence-electron chi connectivity index (χ0n) is 11.4. The lowest BCUT2D eigenvalue weighted by Crippen LogP contribution is -2.15. The van der Waals surface area contributed by atoms with Gasteiger partial charge < -0.3 is 9.84 Å². The molecule has 4 nitrogen and oxygen atoms in total. The maximum absolute atomic E-state index is 14.2. The average molecular weight is 350 g/mol. The van der Waals surface area contributed by atoms with Gasteiger partial charge in [-0.3, -0.25) is 0 Å². The zero-order valence-corrected chi connectivity index (χ0v) is 12.2. The molecule has 0 saturated carbocycles. The van der Waals surface area contributed by atoms with E-state index >= 15 is 0 Å². The number of aromatic nitrogens is 1. The number of pyridine rings is 1. The van der Waals surface area contributed by atoms with Gasteiger partial charge in [-0.25, -0.2) is 14.2 Å². The maximum atomic E-state index is 14.2. The molecule has 0 amide bonds. The number of halogens is 5. The minimum atomic E-state index is -5.00. The van der Waals surface area contributed by atoms with Crippen molar-refractivity contribution < 1.29 is 32.2 Å². The van der Waals surface area contributed by atoms with Gasteiger partial charge in [-0.1, -0.05) is 17.7 Å². The molecule has 1 N–H and O–H groups in total. The molecule has 23 heavy (non-hydrogen) atoms. The number of rotatable bonds is 3. The third-order valence-corrected chi connectivity index (χ3v) is 3.23. The van der Waals surface area contributed by atoms with E-state index in [4.69, 9.17) is 21.4 Å². The Morgan fingerprint density at radius 1 is 1.35 bits per heavy atom. The second-order valence-corrected chi connectivity index (χ2v) is 4.70. The monoisotopic (exact) mass is 349 g/mol. The molecule has 0 radical (unpaired) electrons. The summed E-state index contributed by atoms with van der Waals surface area (Å²) < 4.78 is 58.1. The van der Waals surface area contributed by atoms with Crippen LogP contribution < -0.4 is 4.74 Å². The number of carbonyl (C=O) groups is 1. The van der Waals surface area contributed by atoms with E-state index in [2.05, 4.69) is 4.98 Å². The molecule has 1 aromatic heterocycles. The molecule has 1 heterocycles. The Morgan fingerprint density at radius 3 is 2.52 bits per heavy atom. The molecule has 1 aromatic carbocycles. The molecule has 0 aliphatic rings. The second-order valence-electron chi connectivity index (χ2n) is 4.35. The van der Waals surface area contributed by atoms with Crippen LogP contribution in [0.1, 0.15) is 15.9 Å². The minimum Gasteiger partial charge on any atom is -0.494 e. The number of ether oxygens (including phenoxy) is 1. The second kappa shape index (κ2) is 6.04. The summed E-state index contributed by atoms with van der Waals surface area (Å²) in [4.78, 5) is 14.6. The lowest BCUT2D eigenvalue weighted by atomic mass is 10.0. The first kappa shape index (κ1) is 17.0. The van der Waals surface area contributed by atoms with Crippen molar-refractivity contribution in [2.24, 2.45) is 0 Å². The van der Waals surface area contributed by atoms with Crippen LogP contribution in [0.3, 0.4) is 0 Å². The fourth-order valence-corrected chi connectivity index (χ4v) is 2.22. The third-order valence-electron chi connectivity index (χ3n) is 2.95. The molecule has 0 fully saturated rings. The number of aromatic carboxylic acids is 1. The first-order chi connectivity index (χ1) is 10.7. The van der Waals surface area contributed by atoms with Crippen molar-refractivity contribution in [3.05, 3.63) is 46.4 Å². The minimum absolute atomic E-state index is 0.198. The number of carboxylic acid groups (broad SMARTS) is 1. The van der Waals surface area contributed by atoms with Gasteiger partial charge in [-0.05, 0) is 18.2 Å². The summed E-state index contributed by atoms with van der Waals surface area (Å²) in [6.45, 7) is 0. The third kappa shape index (κ3) is 3.21. The Kier molecular flexibility index (Phi) is 4.46. The fraction of sp³-hybridized carbons (Fsp3) is 0.143. The number of hydrogen-bond donors (Lipinski definition) is 1. The van der Waals surface area contributed by atoms with Crippen molar-refractivity contribution in [1.82, 2.24) is 4.98 Å². The average Bonchev–Trinajstić information content (AvgIpc) is 2.45. The van der Waals surface area contributed by atoms with E-state index < -0.39 is 39.9 Å². The Morgan fingerprint density at radius 2 is 2.00 bits per heavy atom. The van der Waals surface area contributed by atoms with Gasteiger partial charge in [-0.2, -0.15) is 13.2 Å². The van der Waals surface area contributed by atoms with E-state index in [-0.39, 0.29) is 11.3 Å². The summed E-state index contributed by atoms with van der Waals surface area (Å²) >= 11 is 5.57. The zero-order chi connectivity index (χ0) is 17.4. The van der Waals surface area contributed by atoms with E-state index in [0.29, 0.717) is 6.07 Å². The van der Waals surface area contributed by atoms with Crippen molar-refractivity contribution in [2.45, 2.75) is 6.18 Å². The highest BCUT2D eigenvalue weighted by Crippen LogP contribution is 2.38. The van der Waals surface area contributed by atoms with Gasteiger partial charge in [-0.15, -0.1) is 0 Å². The van der Waals surface area contributed by atoms with Gasteiger partial charge in [0.15, 0.2) is 11.6 Å². The summed E-state index contributed by atoms with van der Waals surface area (Å²) in [5.41, 5.74) is -3.45. The lowest BCUT2D eigenvalue weighted by molar-refractivity contribution is -0.138. The molecule has 2 rings (SSSR count). The fourth-order valence-electron chi connectivity index (χ4n) is 1.95. The van der Waals surface area contributed by atoms with E-state index in [1.165, 1.54) is 25.3 Å². The summed E-state index contributed by atoms with van der Waals surface area (Å²) in [6, 6.07) is 4.24. The van der Waals surface area contributed by atoms with Gasteiger partial charge in [0.25, 0.3) is 0 Å². The number of carboxylic acids is 1. The molecule has 0 atom stereocenters. The molecule has 0 saturated heterocycles. The van der Waals surface area contributed by atoms with Crippen molar-refractivity contribution in [3.8, 4) is 17.0 Å². The summed E-state index contributed by atoms with van der Waals surface area (Å²) in [6.07, 6.45) is -5.00. The summed E-state index contributed by atoms with van der Waals surface area (Å²) in [7, 11) is 1.19. The molecular weight excluding hydrogens is 342 g/mol. The van der Waals surface area contributed by atoms with Gasteiger partial charge in [0.1, 0.15) is 10.7 Å². The van der Waals surface area contributed by atoms with Crippen LogP contribution >= 0.6 is 11.6 Å². The Hall–Kier alpha value is -2.35. The van der Waals surface area contributed by atoms with Gasteiger partial charge in [0, 0.05) is 5.56 Å². The van der Waals surface area contributed by atoms with Crippen LogP contribution in [0.15, 0.2) is 24.3 Å². The molecule has 0 spiro atoms. The number of benzene rings is 1. The van der Waals surface area contributed by atoms with Crippen LogP contribution in [0.4, 0.5) is 17.6 Å². The predicted molar refractivity (Wildman–Crippen MR) is 73.2 cm³/mol. The quantitative estimate of drug-likeness (QED) is 0.664. The number of nitrogens with zero attached hydrogens (tertiary/aromatic N) is 1. The Bertz CT molecular complexity index is 777. The number of methoxy groups -OCH3 is 1. The van der Waals surface area contributed by atoms with Gasteiger partial charge in [0.2, 0.25) is 0 Å². The molecule has 9 heteroatoms. The lowest BCUT2D eigenvalue weighted by Gasteiger charge is -2.14. The van der Waals surface area contributed by atoms with Crippen LogP contribution in [0.5, 0.6) is 5.75 Å². The van der Waals surface area contributed by atoms with Crippen molar-refractivity contribution in [1.29, 1.82) is 0 Å². The number of hydrogen-bond acceptors (Lipinski definition) is 3. The number of alkyl halides is 3. The molecule has 2 aromatic rings. The van der Waals surface area contributed by atoms with Crippen LogP contribution in [0, 0.1) is 5.82 Å². The van der Waals surface area contributed by atoms with E-state index in [9.17, 15) is 22.4 Å². The van der Waals surface area contributed by atoms with Crippen molar-refractivity contribution >= 4 is 17.6 Å². The SMILES string of the molecule is COc1cccc(-c2cc(C(F)(F)F)c(C(=O)O)c(Cl)n2)c1F. The topological polar surface area (TPSA) is 59.4 Å². The van der Waals surface area contributed by atoms with Crippen molar-refractivity contribution in [3.63, 3.8) is 0 Å². The highest BCUT2D eigenvalue weighted by molar-refractivity contribution is 6.32. The summed E-state index contributed by atoms with van der Waals surface area (Å²) in [5.74, 6) is -3.02. The molecule has 0 aliphatic heterocycles. The first-order valence-electron chi connectivity index (χ1n) is 6.00. The predicted octanol–water partition coefficient (Wildman–Crippen LogP) is 4.27.